The summed E-state index contributed by atoms with van der Waals surface area (Å²) in [6.45, 7) is 2.91. The number of amides is 1. The first-order valence-electron chi connectivity index (χ1n) is 10.7. The molecule has 7 nitrogen and oxygen atoms in total. The van der Waals surface area contributed by atoms with E-state index < -0.39 is 0 Å². The van der Waals surface area contributed by atoms with Crippen molar-refractivity contribution in [1.82, 2.24) is 15.0 Å². The van der Waals surface area contributed by atoms with Gasteiger partial charge in [0.1, 0.15) is 11.9 Å². The third-order valence-corrected chi connectivity index (χ3v) is 6.35. The van der Waals surface area contributed by atoms with Gasteiger partial charge in [-0.25, -0.2) is 0 Å². The van der Waals surface area contributed by atoms with Crippen molar-refractivity contribution in [2.45, 2.75) is 50.5 Å². The summed E-state index contributed by atoms with van der Waals surface area (Å²) >= 11 is 0. The van der Waals surface area contributed by atoms with Crippen molar-refractivity contribution >= 4 is 5.91 Å². The molecule has 1 atom stereocenters. The molecule has 0 radical (unpaired) electrons. The van der Waals surface area contributed by atoms with Gasteiger partial charge in [-0.2, -0.15) is 4.98 Å². The Labute approximate surface area is 170 Å². The lowest BCUT2D eigenvalue weighted by Crippen LogP contribution is -2.38. The van der Waals surface area contributed by atoms with Crippen molar-refractivity contribution in [3.63, 3.8) is 0 Å². The first-order chi connectivity index (χ1) is 14.3. The summed E-state index contributed by atoms with van der Waals surface area (Å²) in [5.74, 6) is 2.79. The average molecular weight is 397 g/mol. The van der Waals surface area contributed by atoms with E-state index in [4.69, 9.17) is 14.0 Å². The van der Waals surface area contributed by atoms with Crippen LogP contribution in [0.15, 0.2) is 28.8 Å². The summed E-state index contributed by atoms with van der Waals surface area (Å²) in [5.41, 5.74) is 0.807. The second-order valence-corrected chi connectivity index (χ2v) is 8.28. The predicted molar refractivity (Wildman–Crippen MR) is 105 cm³/mol. The molecule has 3 fully saturated rings. The summed E-state index contributed by atoms with van der Waals surface area (Å²) in [6.07, 6.45) is 5.94. The largest absolute Gasteiger partial charge is 0.488 e. The smallest absolute Gasteiger partial charge is 0.261 e. The fraction of sp³-hybridized carbons (Fsp3) is 0.591. The highest BCUT2D eigenvalue weighted by atomic mass is 16.5. The molecule has 1 aromatic heterocycles. The Balaban J connectivity index is 1.28. The molecule has 0 N–H and O–H groups in total. The molecule has 0 spiro atoms. The Morgan fingerprint density at radius 3 is 2.72 bits per heavy atom. The summed E-state index contributed by atoms with van der Waals surface area (Å²) < 4.78 is 17.3. The third-order valence-electron chi connectivity index (χ3n) is 6.35. The van der Waals surface area contributed by atoms with Gasteiger partial charge in [-0.1, -0.05) is 23.7 Å². The van der Waals surface area contributed by atoms with Crippen LogP contribution in [0.4, 0.5) is 0 Å². The van der Waals surface area contributed by atoms with Gasteiger partial charge in [0, 0.05) is 38.0 Å². The van der Waals surface area contributed by atoms with Gasteiger partial charge >= 0.3 is 0 Å². The summed E-state index contributed by atoms with van der Waals surface area (Å²) in [6, 6.07) is 7.77. The fourth-order valence-electron chi connectivity index (χ4n) is 4.33. The molecule has 2 saturated heterocycles. The van der Waals surface area contributed by atoms with Crippen molar-refractivity contribution in [3.05, 3.63) is 30.1 Å². The zero-order chi connectivity index (χ0) is 19.6. The summed E-state index contributed by atoms with van der Waals surface area (Å²) in [4.78, 5) is 19.1. The van der Waals surface area contributed by atoms with E-state index >= 15 is 0 Å². The van der Waals surface area contributed by atoms with Gasteiger partial charge in [0.05, 0.1) is 12.1 Å². The number of nitrogens with zero attached hydrogens (tertiary/aromatic N) is 3. The fourth-order valence-corrected chi connectivity index (χ4v) is 4.33. The lowest BCUT2D eigenvalue weighted by Gasteiger charge is -2.29. The molecule has 7 heteroatoms. The van der Waals surface area contributed by atoms with Crippen LogP contribution in [0.3, 0.4) is 0 Å². The van der Waals surface area contributed by atoms with Crippen LogP contribution >= 0.6 is 0 Å². The van der Waals surface area contributed by atoms with Gasteiger partial charge in [0.15, 0.2) is 5.82 Å². The van der Waals surface area contributed by atoms with Crippen molar-refractivity contribution in [2.24, 2.45) is 5.92 Å². The van der Waals surface area contributed by atoms with E-state index in [2.05, 4.69) is 10.1 Å². The predicted octanol–water partition coefficient (Wildman–Crippen LogP) is 3.41. The minimum Gasteiger partial charge on any atom is -0.488 e. The number of likely N-dealkylation sites (tertiary alicyclic amines) is 1. The highest BCUT2D eigenvalue weighted by Crippen LogP contribution is 2.34. The van der Waals surface area contributed by atoms with Crippen molar-refractivity contribution in [3.8, 4) is 17.2 Å². The zero-order valence-corrected chi connectivity index (χ0v) is 16.6. The molecule has 1 amide bonds. The average Bonchev–Trinajstić information content (AvgIpc) is 3.38. The SMILES string of the molecule is O=C(C1CCC1)N1CCC(Oc2ccccc2-c2nc(C3CCOCC3)no2)C1. The first kappa shape index (κ1) is 18.6. The van der Waals surface area contributed by atoms with Gasteiger partial charge in [0.25, 0.3) is 5.89 Å². The standard InChI is InChI=1S/C22H27N3O4/c26-22(16-4-3-5-16)25-11-8-17(14-25)28-19-7-2-1-6-18(19)21-23-20(24-29-21)15-9-12-27-13-10-15/h1-2,6-7,15-17H,3-5,8-14H2. The lowest BCUT2D eigenvalue weighted by atomic mass is 9.84. The number of carbonyl (C=O) groups excluding carboxylic acids is 1. The Kier molecular flexibility index (Phi) is 5.23. The molecule has 3 heterocycles. The molecule has 154 valence electrons. The minimum absolute atomic E-state index is 0.00179. The molecule has 1 unspecified atom stereocenters. The van der Waals surface area contributed by atoms with Crippen LogP contribution in [0.25, 0.3) is 11.5 Å². The number of para-hydroxylation sites is 1. The topological polar surface area (TPSA) is 77.7 Å². The molecule has 2 aliphatic heterocycles. The van der Waals surface area contributed by atoms with Gasteiger partial charge in [0.2, 0.25) is 5.91 Å². The molecule has 29 heavy (non-hydrogen) atoms. The van der Waals surface area contributed by atoms with Crippen LogP contribution < -0.4 is 4.74 Å². The first-order valence-corrected chi connectivity index (χ1v) is 10.7. The monoisotopic (exact) mass is 397 g/mol. The van der Waals surface area contributed by atoms with Crippen LogP contribution in [0.1, 0.15) is 50.3 Å². The lowest BCUT2D eigenvalue weighted by molar-refractivity contribution is -0.137. The molecule has 3 aliphatic rings. The molecular weight excluding hydrogens is 370 g/mol. The van der Waals surface area contributed by atoms with Crippen LogP contribution in [0, 0.1) is 5.92 Å². The summed E-state index contributed by atoms with van der Waals surface area (Å²) in [5, 5.41) is 4.21. The van der Waals surface area contributed by atoms with E-state index in [0.717, 1.165) is 69.0 Å². The maximum absolute atomic E-state index is 12.5. The molecule has 1 aliphatic carbocycles. The Morgan fingerprint density at radius 2 is 1.93 bits per heavy atom. The number of benzene rings is 1. The molecule has 1 saturated carbocycles. The third kappa shape index (κ3) is 3.88. The maximum Gasteiger partial charge on any atom is 0.261 e. The minimum atomic E-state index is -0.00179. The second-order valence-electron chi connectivity index (χ2n) is 8.28. The highest BCUT2D eigenvalue weighted by molar-refractivity contribution is 5.79. The van der Waals surface area contributed by atoms with Crippen LogP contribution in [-0.4, -0.2) is 53.4 Å². The van der Waals surface area contributed by atoms with Crippen molar-refractivity contribution < 1.29 is 18.8 Å². The molecule has 1 aromatic carbocycles. The van der Waals surface area contributed by atoms with Crippen molar-refractivity contribution in [2.75, 3.05) is 26.3 Å². The van der Waals surface area contributed by atoms with Gasteiger partial charge < -0.3 is 18.9 Å². The number of aromatic nitrogens is 2. The number of rotatable bonds is 5. The van der Waals surface area contributed by atoms with E-state index in [0.29, 0.717) is 18.3 Å². The number of hydrogen-bond acceptors (Lipinski definition) is 6. The second kappa shape index (κ2) is 8.14. The van der Waals surface area contributed by atoms with Gasteiger partial charge in [-0.05, 0) is 37.8 Å². The van der Waals surface area contributed by atoms with E-state index in [1.54, 1.807) is 0 Å². The zero-order valence-electron chi connectivity index (χ0n) is 16.6. The molecule has 2 aromatic rings. The van der Waals surface area contributed by atoms with E-state index in [-0.39, 0.29) is 17.9 Å². The Morgan fingerprint density at radius 1 is 1.10 bits per heavy atom. The Hall–Kier alpha value is -2.41. The number of carbonyl (C=O) groups is 1. The van der Waals surface area contributed by atoms with E-state index in [1.165, 1.54) is 6.42 Å². The summed E-state index contributed by atoms with van der Waals surface area (Å²) in [7, 11) is 0. The Bertz CT molecular complexity index is 857. The van der Waals surface area contributed by atoms with E-state index in [9.17, 15) is 4.79 Å². The quantitative estimate of drug-likeness (QED) is 0.769. The van der Waals surface area contributed by atoms with Crippen LogP contribution in [0.2, 0.25) is 0 Å². The highest BCUT2D eigenvalue weighted by Gasteiger charge is 2.34. The van der Waals surface area contributed by atoms with E-state index in [1.807, 2.05) is 29.2 Å². The number of ether oxygens (including phenoxy) is 2. The maximum atomic E-state index is 12.5. The molecular formula is C22H27N3O4. The normalized spacial score (nSPS) is 23.2. The van der Waals surface area contributed by atoms with Gasteiger partial charge in [-0.15, -0.1) is 0 Å². The molecule has 5 rings (SSSR count). The van der Waals surface area contributed by atoms with Crippen molar-refractivity contribution in [1.29, 1.82) is 0 Å². The number of hydrogen-bond donors (Lipinski definition) is 0. The van der Waals surface area contributed by atoms with Crippen LogP contribution in [-0.2, 0) is 9.53 Å². The molecule has 0 bridgehead atoms. The van der Waals surface area contributed by atoms with Gasteiger partial charge in [-0.3, -0.25) is 4.79 Å². The van der Waals surface area contributed by atoms with Crippen LogP contribution in [0.5, 0.6) is 5.75 Å².